The molecular formula is C10H9N5S. The van der Waals surface area contributed by atoms with Crippen molar-refractivity contribution in [3.8, 4) is 0 Å². The first kappa shape index (κ1) is 9.29. The molecule has 0 fully saturated rings. The van der Waals surface area contributed by atoms with Crippen LogP contribution in [0.15, 0.2) is 30.0 Å². The summed E-state index contributed by atoms with van der Waals surface area (Å²) in [7, 11) is 0. The number of H-pyrrole nitrogens is 1. The summed E-state index contributed by atoms with van der Waals surface area (Å²) in [6.07, 6.45) is 5.35. The van der Waals surface area contributed by atoms with Crippen molar-refractivity contribution in [2.75, 3.05) is 5.32 Å². The molecule has 0 bridgehead atoms. The Hall–Kier alpha value is -1.95. The van der Waals surface area contributed by atoms with Crippen LogP contribution >= 0.6 is 11.3 Å². The van der Waals surface area contributed by atoms with E-state index in [-0.39, 0.29) is 0 Å². The molecule has 0 amide bonds. The molecule has 3 aromatic heterocycles. The first-order chi connectivity index (χ1) is 7.93. The van der Waals surface area contributed by atoms with Crippen molar-refractivity contribution >= 4 is 28.1 Å². The van der Waals surface area contributed by atoms with Crippen molar-refractivity contribution in [1.82, 2.24) is 20.2 Å². The van der Waals surface area contributed by atoms with Crippen molar-refractivity contribution in [2.24, 2.45) is 0 Å². The van der Waals surface area contributed by atoms with E-state index < -0.39 is 0 Å². The molecule has 3 rings (SSSR count). The van der Waals surface area contributed by atoms with Gasteiger partial charge in [-0.05, 0) is 6.07 Å². The van der Waals surface area contributed by atoms with Gasteiger partial charge in [0.1, 0.15) is 16.0 Å². The van der Waals surface area contributed by atoms with E-state index >= 15 is 0 Å². The van der Waals surface area contributed by atoms with Gasteiger partial charge in [0.25, 0.3) is 0 Å². The zero-order valence-electron chi connectivity index (χ0n) is 8.34. The summed E-state index contributed by atoms with van der Waals surface area (Å²) < 4.78 is 0. The number of hydrogen-bond donors (Lipinski definition) is 2. The summed E-state index contributed by atoms with van der Waals surface area (Å²) in [6.45, 7) is 0.712. The number of thiazole rings is 1. The van der Waals surface area contributed by atoms with E-state index in [0.717, 1.165) is 21.7 Å². The average molecular weight is 231 g/mol. The van der Waals surface area contributed by atoms with E-state index in [1.54, 1.807) is 29.9 Å². The quantitative estimate of drug-likeness (QED) is 0.723. The number of pyridine rings is 1. The highest BCUT2D eigenvalue weighted by Crippen LogP contribution is 2.19. The van der Waals surface area contributed by atoms with Gasteiger partial charge in [0.05, 0.1) is 12.2 Å². The Bertz CT molecular complexity index is 586. The summed E-state index contributed by atoms with van der Waals surface area (Å²) in [5.41, 5.74) is 2.70. The van der Waals surface area contributed by atoms with Crippen molar-refractivity contribution in [3.63, 3.8) is 0 Å². The Morgan fingerprint density at radius 2 is 2.31 bits per heavy atom. The molecule has 0 radical (unpaired) electrons. The molecule has 80 valence electrons. The number of anilines is 1. The Labute approximate surface area is 95.6 Å². The molecule has 0 saturated carbocycles. The molecule has 5 nitrogen and oxygen atoms in total. The van der Waals surface area contributed by atoms with Gasteiger partial charge in [0, 0.05) is 24.0 Å². The van der Waals surface area contributed by atoms with Gasteiger partial charge < -0.3 is 5.32 Å². The zero-order chi connectivity index (χ0) is 10.8. The van der Waals surface area contributed by atoms with Gasteiger partial charge in [-0.25, -0.2) is 4.98 Å². The van der Waals surface area contributed by atoms with Crippen LogP contribution in [0.25, 0.3) is 11.0 Å². The number of fused-ring (bicyclic) bond motifs is 1. The van der Waals surface area contributed by atoms with Gasteiger partial charge in [0.15, 0.2) is 0 Å². The normalized spacial score (nSPS) is 10.8. The van der Waals surface area contributed by atoms with Crippen LogP contribution in [0.2, 0.25) is 0 Å². The number of hydrogen-bond acceptors (Lipinski definition) is 5. The van der Waals surface area contributed by atoms with Gasteiger partial charge in [-0.3, -0.25) is 10.1 Å². The van der Waals surface area contributed by atoms with Crippen molar-refractivity contribution in [1.29, 1.82) is 0 Å². The number of nitrogens with one attached hydrogen (secondary N) is 2. The van der Waals surface area contributed by atoms with Crippen LogP contribution in [0.4, 0.5) is 5.69 Å². The minimum atomic E-state index is 0.712. The van der Waals surface area contributed by atoms with Crippen LogP contribution in [0.3, 0.4) is 0 Å². The van der Waals surface area contributed by atoms with E-state index in [2.05, 4.69) is 25.5 Å². The molecule has 3 heterocycles. The molecular weight excluding hydrogens is 222 g/mol. The van der Waals surface area contributed by atoms with Crippen LogP contribution in [0.5, 0.6) is 0 Å². The highest BCUT2D eigenvalue weighted by Gasteiger charge is 2.04. The second-order valence-electron chi connectivity index (χ2n) is 3.26. The Morgan fingerprint density at radius 1 is 1.31 bits per heavy atom. The summed E-state index contributed by atoms with van der Waals surface area (Å²) in [6, 6.07) is 1.91. The molecule has 6 heteroatoms. The van der Waals surface area contributed by atoms with Gasteiger partial charge in [-0.2, -0.15) is 5.10 Å². The fourth-order valence-electron chi connectivity index (χ4n) is 1.51. The number of aromatic amines is 1. The summed E-state index contributed by atoms with van der Waals surface area (Å²) in [5.74, 6) is 0. The van der Waals surface area contributed by atoms with E-state index in [4.69, 9.17) is 0 Å². The number of rotatable bonds is 3. The van der Waals surface area contributed by atoms with Gasteiger partial charge in [-0.15, -0.1) is 11.3 Å². The Kier molecular flexibility index (Phi) is 2.26. The molecule has 16 heavy (non-hydrogen) atoms. The molecule has 2 N–H and O–H groups in total. The lowest BCUT2D eigenvalue weighted by molar-refractivity contribution is 1.09. The monoisotopic (exact) mass is 231 g/mol. The molecule has 0 unspecified atom stereocenters. The van der Waals surface area contributed by atoms with E-state index in [0.29, 0.717) is 6.54 Å². The van der Waals surface area contributed by atoms with Crippen molar-refractivity contribution in [2.45, 2.75) is 6.54 Å². The largest absolute Gasteiger partial charge is 0.377 e. The van der Waals surface area contributed by atoms with E-state index in [1.165, 1.54) is 0 Å². The second-order valence-corrected chi connectivity index (χ2v) is 4.24. The minimum absolute atomic E-state index is 0.712. The maximum atomic E-state index is 4.21. The standard InChI is InChI=1S/C10H9N5S/c1-2-11-8-5-14-15-10(8)7(1)13-6-9-12-3-4-16-9/h1-5H,6H2,(H,11,13)(H,14,15). The van der Waals surface area contributed by atoms with E-state index in [1.807, 2.05) is 11.4 Å². The van der Waals surface area contributed by atoms with Crippen LogP contribution in [-0.4, -0.2) is 20.2 Å². The summed E-state index contributed by atoms with van der Waals surface area (Å²) in [5, 5.41) is 13.3. The Balaban J connectivity index is 1.86. The fourth-order valence-corrected chi connectivity index (χ4v) is 2.06. The lowest BCUT2D eigenvalue weighted by Gasteiger charge is -2.03. The van der Waals surface area contributed by atoms with Gasteiger partial charge >= 0.3 is 0 Å². The Morgan fingerprint density at radius 3 is 3.19 bits per heavy atom. The summed E-state index contributed by atoms with van der Waals surface area (Å²) >= 11 is 1.63. The van der Waals surface area contributed by atoms with Crippen molar-refractivity contribution in [3.05, 3.63) is 35.0 Å². The molecule has 0 atom stereocenters. The molecule has 0 aromatic carbocycles. The fraction of sp³-hybridized carbons (Fsp3) is 0.100. The zero-order valence-corrected chi connectivity index (χ0v) is 9.16. The molecule has 0 spiro atoms. The first-order valence-corrected chi connectivity index (χ1v) is 5.72. The smallest absolute Gasteiger partial charge is 0.134 e. The lowest BCUT2D eigenvalue weighted by atomic mass is 10.3. The molecule has 0 aliphatic carbocycles. The van der Waals surface area contributed by atoms with E-state index in [9.17, 15) is 0 Å². The van der Waals surface area contributed by atoms with Gasteiger partial charge in [-0.1, -0.05) is 0 Å². The highest BCUT2D eigenvalue weighted by molar-refractivity contribution is 7.09. The third kappa shape index (κ3) is 1.63. The number of aromatic nitrogens is 4. The minimum Gasteiger partial charge on any atom is -0.377 e. The van der Waals surface area contributed by atoms with Crippen molar-refractivity contribution < 1.29 is 0 Å². The third-order valence-corrected chi connectivity index (χ3v) is 3.02. The SMILES string of the molecule is c1csc(CNc2ccnc3c[nH]nc23)n1. The lowest BCUT2D eigenvalue weighted by Crippen LogP contribution is -1.99. The average Bonchev–Trinajstić information content (AvgIpc) is 2.97. The van der Waals surface area contributed by atoms with Crippen LogP contribution in [0, 0.1) is 0 Å². The van der Waals surface area contributed by atoms with Gasteiger partial charge in [0.2, 0.25) is 0 Å². The maximum Gasteiger partial charge on any atom is 0.134 e. The topological polar surface area (TPSA) is 66.5 Å². The molecule has 0 saturated heterocycles. The predicted octanol–water partition coefficient (Wildman–Crippen LogP) is 2.03. The molecule has 3 aromatic rings. The molecule has 0 aliphatic heterocycles. The predicted molar refractivity (Wildman–Crippen MR) is 63.3 cm³/mol. The summed E-state index contributed by atoms with van der Waals surface area (Å²) in [4.78, 5) is 8.41. The second kappa shape index (κ2) is 3.90. The highest BCUT2D eigenvalue weighted by atomic mass is 32.1. The van der Waals surface area contributed by atoms with Crippen LogP contribution in [0.1, 0.15) is 5.01 Å². The molecule has 0 aliphatic rings. The number of nitrogens with zero attached hydrogens (tertiary/aromatic N) is 3. The van der Waals surface area contributed by atoms with Crippen LogP contribution in [-0.2, 0) is 6.54 Å². The maximum absolute atomic E-state index is 4.21. The van der Waals surface area contributed by atoms with Crippen LogP contribution < -0.4 is 5.32 Å². The first-order valence-electron chi connectivity index (χ1n) is 4.84. The third-order valence-electron chi connectivity index (χ3n) is 2.24.